The normalized spacial score (nSPS) is 10.6. The molecule has 3 heteroatoms. The molecule has 0 spiro atoms. The number of hydrogen-bond donors (Lipinski definition) is 0. The van der Waals surface area contributed by atoms with Crippen molar-refractivity contribution < 1.29 is 9.18 Å². The van der Waals surface area contributed by atoms with Crippen LogP contribution in [0.2, 0.25) is 0 Å². The highest BCUT2D eigenvalue weighted by Crippen LogP contribution is 2.06. The van der Waals surface area contributed by atoms with Crippen LogP contribution in [-0.4, -0.2) is 10.8 Å². The summed E-state index contributed by atoms with van der Waals surface area (Å²) in [5.41, 5.74) is 1.31. The van der Waals surface area contributed by atoms with E-state index in [1.165, 1.54) is 24.4 Å². The van der Waals surface area contributed by atoms with Crippen LogP contribution >= 0.6 is 0 Å². The first-order valence-electron chi connectivity index (χ1n) is 5.14. The van der Waals surface area contributed by atoms with Crippen LogP contribution in [0.25, 0.3) is 6.08 Å². The molecule has 1 aromatic heterocycles. The number of aromatic nitrogens is 1. The SMILES string of the molecule is O=C(/C=C\c1ccc(F)cc1)c1cccnc1. The summed E-state index contributed by atoms with van der Waals surface area (Å²) in [4.78, 5) is 15.6. The van der Waals surface area contributed by atoms with Gasteiger partial charge >= 0.3 is 0 Å². The Kier molecular flexibility index (Phi) is 3.40. The predicted molar refractivity (Wildman–Crippen MR) is 64.0 cm³/mol. The molecular weight excluding hydrogens is 217 g/mol. The van der Waals surface area contributed by atoms with Crippen molar-refractivity contribution in [3.8, 4) is 0 Å². The van der Waals surface area contributed by atoms with Crippen molar-refractivity contribution in [2.45, 2.75) is 0 Å². The molecular formula is C14H10FNO. The first kappa shape index (κ1) is 11.2. The van der Waals surface area contributed by atoms with Crippen LogP contribution in [0.3, 0.4) is 0 Å². The lowest BCUT2D eigenvalue weighted by Gasteiger charge is -1.94. The van der Waals surface area contributed by atoms with Crippen LogP contribution in [0.4, 0.5) is 4.39 Å². The summed E-state index contributed by atoms with van der Waals surface area (Å²) in [5.74, 6) is -0.414. The van der Waals surface area contributed by atoms with Gasteiger partial charge in [-0.2, -0.15) is 0 Å². The highest BCUT2D eigenvalue weighted by molar-refractivity contribution is 6.06. The van der Waals surface area contributed by atoms with Gasteiger partial charge in [0.2, 0.25) is 0 Å². The molecule has 2 nitrogen and oxygen atoms in total. The molecule has 0 aliphatic carbocycles. The van der Waals surface area contributed by atoms with Gasteiger partial charge in [0, 0.05) is 18.0 Å². The van der Waals surface area contributed by atoms with E-state index in [4.69, 9.17) is 0 Å². The fraction of sp³-hybridized carbons (Fsp3) is 0. The van der Waals surface area contributed by atoms with Gasteiger partial charge in [-0.05, 0) is 35.9 Å². The number of ketones is 1. The standard InChI is InChI=1S/C14H10FNO/c15-13-6-3-11(4-7-13)5-8-14(17)12-2-1-9-16-10-12/h1-10H/b8-5-. The smallest absolute Gasteiger partial charge is 0.187 e. The number of benzene rings is 1. The number of nitrogens with zero attached hydrogens (tertiary/aromatic N) is 1. The van der Waals surface area contributed by atoms with Gasteiger partial charge in [0.05, 0.1) is 0 Å². The quantitative estimate of drug-likeness (QED) is 0.595. The molecule has 0 aliphatic rings. The molecule has 0 aliphatic heterocycles. The summed E-state index contributed by atoms with van der Waals surface area (Å²) >= 11 is 0. The number of allylic oxidation sites excluding steroid dienone is 1. The van der Waals surface area contributed by atoms with Crippen LogP contribution in [0, 0.1) is 5.82 Å². The lowest BCUT2D eigenvalue weighted by Crippen LogP contribution is -1.93. The maximum atomic E-state index is 12.7. The fourth-order valence-electron chi connectivity index (χ4n) is 1.35. The minimum absolute atomic E-state index is 0.123. The van der Waals surface area contributed by atoms with Gasteiger partial charge in [0.1, 0.15) is 5.82 Å². The zero-order valence-corrected chi connectivity index (χ0v) is 9.01. The summed E-state index contributed by atoms with van der Waals surface area (Å²) in [7, 11) is 0. The van der Waals surface area contributed by atoms with E-state index >= 15 is 0 Å². The second-order valence-electron chi connectivity index (χ2n) is 3.49. The van der Waals surface area contributed by atoms with Crippen molar-refractivity contribution in [1.82, 2.24) is 4.98 Å². The zero-order valence-electron chi connectivity index (χ0n) is 9.01. The molecule has 84 valence electrons. The van der Waals surface area contributed by atoms with E-state index in [-0.39, 0.29) is 11.6 Å². The third-order valence-electron chi connectivity index (χ3n) is 2.24. The third kappa shape index (κ3) is 3.08. The zero-order chi connectivity index (χ0) is 12.1. The average Bonchev–Trinajstić information content (AvgIpc) is 2.39. The molecule has 0 saturated heterocycles. The lowest BCUT2D eigenvalue weighted by atomic mass is 10.1. The molecule has 0 atom stereocenters. The van der Waals surface area contributed by atoms with E-state index in [0.717, 1.165) is 5.56 Å². The molecule has 0 N–H and O–H groups in total. The monoisotopic (exact) mass is 227 g/mol. The summed E-state index contributed by atoms with van der Waals surface area (Å²) in [6.45, 7) is 0. The summed E-state index contributed by atoms with van der Waals surface area (Å²) < 4.78 is 12.7. The van der Waals surface area contributed by atoms with Crippen molar-refractivity contribution >= 4 is 11.9 Å². The summed E-state index contributed by atoms with van der Waals surface area (Å²) in [6, 6.07) is 9.34. The van der Waals surface area contributed by atoms with Gasteiger partial charge in [0.25, 0.3) is 0 Å². The Bertz CT molecular complexity index is 532. The maximum Gasteiger partial charge on any atom is 0.187 e. The number of pyridine rings is 1. The van der Waals surface area contributed by atoms with E-state index < -0.39 is 0 Å². The lowest BCUT2D eigenvalue weighted by molar-refractivity contribution is 0.104. The third-order valence-corrected chi connectivity index (χ3v) is 2.24. The maximum absolute atomic E-state index is 12.7. The van der Waals surface area contributed by atoms with E-state index in [9.17, 15) is 9.18 Å². The number of halogens is 1. The Labute approximate surface area is 98.4 Å². The topological polar surface area (TPSA) is 30.0 Å². The van der Waals surface area contributed by atoms with Crippen LogP contribution in [0.5, 0.6) is 0 Å². The van der Waals surface area contributed by atoms with Crippen LogP contribution in [-0.2, 0) is 0 Å². The molecule has 1 heterocycles. The van der Waals surface area contributed by atoms with Crippen LogP contribution in [0.15, 0.2) is 54.9 Å². The molecule has 0 unspecified atom stereocenters. The Morgan fingerprint density at radius 1 is 1.18 bits per heavy atom. The van der Waals surface area contributed by atoms with Gasteiger partial charge in [0.15, 0.2) is 5.78 Å². The molecule has 0 saturated carbocycles. The van der Waals surface area contributed by atoms with E-state index in [0.29, 0.717) is 5.56 Å². The number of carbonyl (C=O) groups is 1. The molecule has 0 radical (unpaired) electrons. The molecule has 17 heavy (non-hydrogen) atoms. The minimum atomic E-state index is -0.291. The largest absolute Gasteiger partial charge is 0.289 e. The van der Waals surface area contributed by atoms with E-state index in [2.05, 4.69) is 4.98 Å². The Balaban J connectivity index is 2.11. The van der Waals surface area contributed by atoms with Gasteiger partial charge < -0.3 is 0 Å². The first-order valence-corrected chi connectivity index (χ1v) is 5.14. The summed E-state index contributed by atoms with van der Waals surface area (Å²) in [5, 5.41) is 0. The predicted octanol–water partition coefficient (Wildman–Crippen LogP) is 3.12. The van der Waals surface area contributed by atoms with Crippen molar-refractivity contribution in [2.24, 2.45) is 0 Å². The highest BCUT2D eigenvalue weighted by atomic mass is 19.1. The Morgan fingerprint density at radius 3 is 2.59 bits per heavy atom. The fourth-order valence-corrected chi connectivity index (χ4v) is 1.35. The molecule has 0 amide bonds. The minimum Gasteiger partial charge on any atom is -0.289 e. The molecule has 2 rings (SSSR count). The summed E-state index contributed by atoms with van der Waals surface area (Å²) in [6.07, 6.45) is 6.22. The highest BCUT2D eigenvalue weighted by Gasteiger charge is 1.99. The van der Waals surface area contributed by atoms with Crippen molar-refractivity contribution in [3.05, 3.63) is 71.8 Å². The van der Waals surface area contributed by atoms with Crippen molar-refractivity contribution in [1.29, 1.82) is 0 Å². The Morgan fingerprint density at radius 2 is 1.94 bits per heavy atom. The second-order valence-corrected chi connectivity index (χ2v) is 3.49. The van der Waals surface area contributed by atoms with E-state index in [1.807, 2.05) is 0 Å². The molecule has 2 aromatic rings. The van der Waals surface area contributed by atoms with Gasteiger partial charge in [-0.3, -0.25) is 9.78 Å². The van der Waals surface area contributed by atoms with Crippen LogP contribution < -0.4 is 0 Å². The Hall–Kier alpha value is -2.29. The van der Waals surface area contributed by atoms with Gasteiger partial charge in [-0.1, -0.05) is 18.2 Å². The van der Waals surface area contributed by atoms with Gasteiger partial charge in [-0.25, -0.2) is 4.39 Å². The number of carbonyl (C=O) groups excluding carboxylic acids is 1. The average molecular weight is 227 g/mol. The molecule has 1 aromatic carbocycles. The first-order chi connectivity index (χ1) is 8.25. The van der Waals surface area contributed by atoms with Crippen molar-refractivity contribution in [3.63, 3.8) is 0 Å². The van der Waals surface area contributed by atoms with E-state index in [1.54, 1.807) is 36.5 Å². The second kappa shape index (κ2) is 5.16. The van der Waals surface area contributed by atoms with Crippen molar-refractivity contribution in [2.75, 3.05) is 0 Å². The number of rotatable bonds is 3. The van der Waals surface area contributed by atoms with Gasteiger partial charge in [-0.15, -0.1) is 0 Å². The molecule has 0 bridgehead atoms. The van der Waals surface area contributed by atoms with Crippen LogP contribution in [0.1, 0.15) is 15.9 Å². The molecule has 0 fully saturated rings. The number of hydrogen-bond acceptors (Lipinski definition) is 2.